The lowest BCUT2D eigenvalue weighted by Crippen LogP contribution is -2.40. The van der Waals surface area contributed by atoms with E-state index < -0.39 is 0 Å². The molecule has 2 aromatic carbocycles. The molecule has 1 aromatic heterocycles. The molecule has 1 aliphatic heterocycles. The Balaban J connectivity index is 1.30. The highest BCUT2D eigenvalue weighted by Gasteiger charge is 2.21. The van der Waals surface area contributed by atoms with E-state index in [0.717, 1.165) is 0 Å². The van der Waals surface area contributed by atoms with Crippen LogP contribution in [0.4, 0.5) is 5.69 Å². The van der Waals surface area contributed by atoms with Gasteiger partial charge >= 0.3 is 0 Å². The maximum Gasteiger partial charge on any atom is 0.291 e. The topological polar surface area (TPSA) is 89.8 Å². The molecule has 0 spiro atoms. The van der Waals surface area contributed by atoms with Crippen molar-refractivity contribution in [3.05, 3.63) is 76.7 Å². The van der Waals surface area contributed by atoms with Gasteiger partial charge in [0.1, 0.15) is 12.7 Å². The SMILES string of the molecule is O=C(NC[C@H]1COc2ccccc2O1)c1ccc(NC(=O)c2ccc(Br)o2)cc1. The number of para-hydroxylation sites is 2. The summed E-state index contributed by atoms with van der Waals surface area (Å²) in [6.45, 7) is 0.685. The minimum atomic E-state index is -0.373. The van der Waals surface area contributed by atoms with Crippen molar-refractivity contribution < 1.29 is 23.5 Å². The zero-order valence-electron chi connectivity index (χ0n) is 15.2. The summed E-state index contributed by atoms with van der Waals surface area (Å²) in [6, 6.07) is 17.2. The normalized spacial score (nSPS) is 14.9. The van der Waals surface area contributed by atoms with Gasteiger partial charge in [-0.3, -0.25) is 9.59 Å². The minimum Gasteiger partial charge on any atom is -0.486 e. The summed E-state index contributed by atoms with van der Waals surface area (Å²) in [5.74, 6) is 0.953. The number of fused-ring (bicyclic) bond motifs is 1. The second kappa shape index (κ2) is 8.40. The highest BCUT2D eigenvalue weighted by atomic mass is 79.9. The molecule has 0 fully saturated rings. The summed E-state index contributed by atoms with van der Waals surface area (Å²) in [5.41, 5.74) is 1.03. The van der Waals surface area contributed by atoms with Gasteiger partial charge in [0.25, 0.3) is 11.8 Å². The van der Waals surface area contributed by atoms with Gasteiger partial charge in [0.15, 0.2) is 21.9 Å². The van der Waals surface area contributed by atoms with Crippen molar-refractivity contribution in [3.63, 3.8) is 0 Å². The average Bonchev–Trinajstić information content (AvgIpc) is 3.19. The van der Waals surface area contributed by atoms with Gasteiger partial charge in [0.2, 0.25) is 0 Å². The Labute approximate surface area is 175 Å². The lowest BCUT2D eigenvalue weighted by atomic mass is 10.2. The smallest absolute Gasteiger partial charge is 0.291 e. The molecule has 7 nitrogen and oxygen atoms in total. The number of benzene rings is 2. The highest BCUT2D eigenvalue weighted by Crippen LogP contribution is 2.30. The number of anilines is 1. The molecule has 4 rings (SSSR count). The molecular formula is C21H17BrN2O5. The molecule has 2 amide bonds. The van der Waals surface area contributed by atoms with E-state index in [1.807, 2.05) is 24.3 Å². The van der Waals surface area contributed by atoms with Gasteiger partial charge in [-0.25, -0.2) is 0 Å². The lowest BCUT2D eigenvalue weighted by Gasteiger charge is -2.26. The van der Waals surface area contributed by atoms with E-state index >= 15 is 0 Å². The third-order valence-corrected chi connectivity index (χ3v) is 4.69. The second-order valence-corrected chi connectivity index (χ2v) is 7.12. The summed E-state index contributed by atoms with van der Waals surface area (Å²) in [7, 11) is 0. The van der Waals surface area contributed by atoms with Gasteiger partial charge < -0.3 is 24.5 Å². The molecule has 29 heavy (non-hydrogen) atoms. The first-order valence-corrected chi connectivity index (χ1v) is 9.71. The fourth-order valence-electron chi connectivity index (χ4n) is 2.81. The monoisotopic (exact) mass is 456 g/mol. The maximum absolute atomic E-state index is 12.4. The van der Waals surface area contributed by atoms with E-state index in [0.29, 0.717) is 40.6 Å². The molecule has 2 N–H and O–H groups in total. The Morgan fingerprint density at radius 3 is 2.45 bits per heavy atom. The molecule has 0 bridgehead atoms. The molecular weight excluding hydrogens is 440 g/mol. The molecule has 8 heteroatoms. The quantitative estimate of drug-likeness (QED) is 0.608. The van der Waals surface area contributed by atoms with Crippen LogP contribution in [0, 0.1) is 0 Å². The van der Waals surface area contributed by atoms with Gasteiger partial charge in [0, 0.05) is 11.3 Å². The summed E-state index contributed by atoms with van der Waals surface area (Å²) in [4.78, 5) is 24.5. The van der Waals surface area contributed by atoms with Crippen LogP contribution in [0.15, 0.2) is 69.8 Å². The summed E-state index contributed by atoms with van der Waals surface area (Å²) < 4.78 is 17.1. The second-order valence-electron chi connectivity index (χ2n) is 6.34. The molecule has 1 aliphatic rings. The lowest BCUT2D eigenvalue weighted by molar-refractivity contribution is 0.0789. The summed E-state index contributed by atoms with van der Waals surface area (Å²) in [6.07, 6.45) is -0.264. The first-order chi connectivity index (χ1) is 14.1. The third-order valence-electron chi connectivity index (χ3n) is 4.26. The fraction of sp³-hybridized carbons (Fsp3) is 0.143. The van der Waals surface area contributed by atoms with E-state index in [1.165, 1.54) is 0 Å². The Kier molecular flexibility index (Phi) is 5.53. The van der Waals surface area contributed by atoms with Gasteiger partial charge in [-0.2, -0.15) is 0 Å². The van der Waals surface area contributed by atoms with E-state index in [-0.39, 0.29) is 23.7 Å². The standard InChI is InChI=1S/C21H17BrN2O5/c22-19-10-9-18(29-19)21(26)24-14-7-5-13(6-8-14)20(25)23-11-15-12-27-16-3-1-2-4-17(16)28-15/h1-10,15H,11-12H2,(H,23,25)(H,24,26)/t15-/m0/s1. The van der Waals surface area contributed by atoms with Crippen LogP contribution in [0.25, 0.3) is 0 Å². The van der Waals surface area contributed by atoms with Crippen molar-refractivity contribution in [1.29, 1.82) is 0 Å². The number of hydrogen-bond acceptors (Lipinski definition) is 5. The minimum absolute atomic E-state index is 0.190. The number of nitrogens with one attached hydrogen (secondary N) is 2. The predicted octanol–water partition coefficient (Wildman–Crippen LogP) is 3.86. The van der Waals surface area contributed by atoms with Crippen LogP contribution in [-0.2, 0) is 0 Å². The first kappa shape index (κ1) is 19.1. The van der Waals surface area contributed by atoms with Crippen LogP contribution in [0.1, 0.15) is 20.9 Å². The number of furan rings is 1. The number of ether oxygens (including phenoxy) is 2. The molecule has 0 aliphatic carbocycles. The number of halogens is 1. The van der Waals surface area contributed by atoms with Crippen molar-refractivity contribution in [2.24, 2.45) is 0 Å². The van der Waals surface area contributed by atoms with Crippen LogP contribution in [0.2, 0.25) is 0 Å². The van der Waals surface area contributed by atoms with Crippen molar-refractivity contribution in [1.82, 2.24) is 5.32 Å². The number of hydrogen-bond donors (Lipinski definition) is 2. The first-order valence-electron chi connectivity index (χ1n) is 8.92. The zero-order chi connectivity index (χ0) is 20.2. The van der Waals surface area contributed by atoms with E-state index in [1.54, 1.807) is 36.4 Å². The Bertz CT molecular complexity index is 1030. The van der Waals surface area contributed by atoms with E-state index in [2.05, 4.69) is 26.6 Å². The van der Waals surface area contributed by atoms with Gasteiger partial charge in [-0.15, -0.1) is 0 Å². The molecule has 2 heterocycles. The number of amides is 2. The van der Waals surface area contributed by atoms with Crippen molar-refractivity contribution in [2.75, 3.05) is 18.5 Å². The van der Waals surface area contributed by atoms with Gasteiger partial charge in [0.05, 0.1) is 6.54 Å². The molecule has 0 saturated carbocycles. The number of rotatable bonds is 5. The van der Waals surface area contributed by atoms with Crippen molar-refractivity contribution >= 4 is 33.4 Å². The van der Waals surface area contributed by atoms with Gasteiger partial charge in [-0.05, 0) is 64.5 Å². The molecule has 1 atom stereocenters. The van der Waals surface area contributed by atoms with Crippen LogP contribution >= 0.6 is 15.9 Å². The largest absolute Gasteiger partial charge is 0.486 e. The van der Waals surface area contributed by atoms with Crippen molar-refractivity contribution in [3.8, 4) is 11.5 Å². The average molecular weight is 457 g/mol. The Morgan fingerprint density at radius 2 is 1.72 bits per heavy atom. The van der Waals surface area contributed by atoms with Gasteiger partial charge in [-0.1, -0.05) is 12.1 Å². The Morgan fingerprint density at radius 1 is 0.966 bits per heavy atom. The molecule has 0 saturated heterocycles. The fourth-order valence-corrected chi connectivity index (χ4v) is 3.11. The third kappa shape index (κ3) is 4.60. The zero-order valence-corrected chi connectivity index (χ0v) is 16.8. The number of carbonyl (C=O) groups is 2. The van der Waals surface area contributed by atoms with Crippen molar-refractivity contribution in [2.45, 2.75) is 6.10 Å². The molecule has 0 radical (unpaired) electrons. The Hall–Kier alpha value is -3.26. The maximum atomic E-state index is 12.4. The summed E-state index contributed by atoms with van der Waals surface area (Å²) >= 11 is 3.15. The van der Waals surface area contributed by atoms with Crippen LogP contribution in [0.3, 0.4) is 0 Å². The van der Waals surface area contributed by atoms with Crippen LogP contribution in [-0.4, -0.2) is 31.1 Å². The number of carbonyl (C=O) groups excluding carboxylic acids is 2. The molecule has 0 unspecified atom stereocenters. The highest BCUT2D eigenvalue weighted by molar-refractivity contribution is 9.10. The summed E-state index contributed by atoms with van der Waals surface area (Å²) in [5, 5.41) is 5.55. The molecule has 3 aromatic rings. The van der Waals surface area contributed by atoms with Crippen LogP contribution in [0.5, 0.6) is 11.5 Å². The van der Waals surface area contributed by atoms with E-state index in [4.69, 9.17) is 13.9 Å². The predicted molar refractivity (Wildman–Crippen MR) is 109 cm³/mol. The van der Waals surface area contributed by atoms with Crippen LogP contribution < -0.4 is 20.1 Å². The van der Waals surface area contributed by atoms with E-state index in [9.17, 15) is 9.59 Å². The molecule has 148 valence electrons.